The zero-order valence-electron chi connectivity index (χ0n) is 13.8. The van der Waals surface area contributed by atoms with Crippen molar-refractivity contribution in [2.75, 3.05) is 13.1 Å². The van der Waals surface area contributed by atoms with E-state index in [1.165, 1.54) is 17.7 Å². The molecule has 1 N–H and O–H groups in total. The third-order valence-electron chi connectivity index (χ3n) is 4.23. The second kappa shape index (κ2) is 9.18. The maximum Gasteiger partial charge on any atom is 0.309 e. The van der Waals surface area contributed by atoms with Crippen LogP contribution in [-0.4, -0.2) is 25.2 Å². The number of esters is 1. The monoisotopic (exact) mass is 329 g/mol. The minimum absolute atomic E-state index is 0.00713. The molecule has 1 heterocycles. The number of nitrogens with one attached hydrogen (secondary N) is 1. The fourth-order valence-electron chi connectivity index (χ4n) is 2.66. The molecule has 0 bridgehead atoms. The van der Waals surface area contributed by atoms with Gasteiger partial charge in [0.15, 0.2) is 0 Å². The minimum Gasteiger partial charge on any atom is -0.459 e. The zero-order chi connectivity index (χ0) is 17.4. The second-order valence-electron chi connectivity index (χ2n) is 5.91. The Balaban J connectivity index is 0.000000249. The van der Waals surface area contributed by atoms with Gasteiger partial charge in [0, 0.05) is 13.1 Å². The SMILES string of the molecule is C=CC1=C(C=C)CC(C(=O)OC2CNC2)CC1.Fc1ccccc1. The Hall–Kier alpha value is -2.20. The molecule has 4 heteroatoms. The van der Waals surface area contributed by atoms with E-state index in [2.05, 4.69) is 18.5 Å². The van der Waals surface area contributed by atoms with Crippen molar-refractivity contribution in [3.05, 3.63) is 72.6 Å². The van der Waals surface area contributed by atoms with Gasteiger partial charge in [-0.25, -0.2) is 4.39 Å². The lowest BCUT2D eigenvalue weighted by molar-refractivity contribution is -0.156. The molecule has 24 heavy (non-hydrogen) atoms. The van der Waals surface area contributed by atoms with Crippen LogP contribution in [-0.2, 0) is 9.53 Å². The summed E-state index contributed by atoms with van der Waals surface area (Å²) in [6.07, 6.45) is 6.28. The average Bonchev–Trinajstić information content (AvgIpc) is 2.58. The highest BCUT2D eigenvalue weighted by Crippen LogP contribution is 2.31. The molecule has 1 unspecified atom stereocenters. The molecule has 3 nitrogen and oxygen atoms in total. The van der Waals surface area contributed by atoms with Crippen LogP contribution in [0.3, 0.4) is 0 Å². The molecule has 0 radical (unpaired) electrons. The molecule has 2 aliphatic rings. The predicted molar refractivity (Wildman–Crippen MR) is 93.9 cm³/mol. The van der Waals surface area contributed by atoms with Crippen molar-refractivity contribution in [3.63, 3.8) is 0 Å². The highest BCUT2D eigenvalue weighted by Gasteiger charge is 2.29. The summed E-state index contributed by atoms with van der Waals surface area (Å²) >= 11 is 0. The van der Waals surface area contributed by atoms with Gasteiger partial charge in [-0.05, 0) is 42.5 Å². The first-order chi connectivity index (χ1) is 11.6. The topological polar surface area (TPSA) is 38.3 Å². The predicted octanol–water partition coefficient (Wildman–Crippen LogP) is 3.80. The van der Waals surface area contributed by atoms with Crippen LogP contribution in [0, 0.1) is 11.7 Å². The summed E-state index contributed by atoms with van der Waals surface area (Å²) in [5.41, 5.74) is 2.36. The quantitative estimate of drug-likeness (QED) is 0.854. The summed E-state index contributed by atoms with van der Waals surface area (Å²) in [4.78, 5) is 11.9. The molecule has 1 aliphatic heterocycles. The van der Waals surface area contributed by atoms with Gasteiger partial charge in [0.2, 0.25) is 0 Å². The summed E-state index contributed by atoms with van der Waals surface area (Å²) < 4.78 is 17.3. The van der Waals surface area contributed by atoms with Gasteiger partial charge >= 0.3 is 5.97 Å². The number of benzene rings is 1. The molecule has 1 saturated heterocycles. The van der Waals surface area contributed by atoms with E-state index in [4.69, 9.17) is 4.74 Å². The van der Waals surface area contributed by atoms with Crippen molar-refractivity contribution in [1.29, 1.82) is 0 Å². The van der Waals surface area contributed by atoms with Crippen LogP contribution in [0.5, 0.6) is 0 Å². The Bertz CT molecular complexity index is 605. The van der Waals surface area contributed by atoms with Crippen molar-refractivity contribution in [2.24, 2.45) is 5.92 Å². The normalized spacial score (nSPS) is 20.3. The minimum atomic E-state index is -0.178. The van der Waals surface area contributed by atoms with E-state index >= 15 is 0 Å². The van der Waals surface area contributed by atoms with Crippen LogP contribution in [0.2, 0.25) is 0 Å². The lowest BCUT2D eigenvalue weighted by Gasteiger charge is -2.30. The summed E-state index contributed by atoms with van der Waals surface area (Å²) in [5, 5.41) is 3.09. The van der Waals surface area contributed by atoms with Crippen LogP contribution < -0.4 is 5.32 Å². The van der Waals surface area contributed by atoms with Crippen LogP contribution in [0.1, 0.15) is 19.3 Å². The third-order valence-corrected chi connectivity index (χ3v) is 4.23. The molecule has 1 atom stereocenters. The molecule has 1 aromatic carbocycles. The van der Waals surface area contributed by atoms with Gasteiger partial charge in [0.1, 0.15) is 11.9 Å². The summed E-state index contributed by atoms with van der Waals surface area (Å²) in [6, 6.07) is 7.94. The molecule has 128 valence electrons. The number of carbonyl (C=O) groups excluding carboxylic acids is 1. The average molecular weight is 329 g/mol. The maximum absolute atomic E-state index is 11.9. The van der Waals surface area contributed by atoms with E-state index in [0.29, 0.717) is 0 Å². The molecular formula is C20H24FNO2. The smallest absolute Gasteiger partial charge is 0.309 e. The highest BCUT2D eigenvalue weighted by atomic mass is 19.1. The van der Waals surface area contributed by atoms with Gasteiger partial charge in [-0.15, -0.1) is 0 Å². The van der Waals surface area contributed by atoms with Crippen molar-refractivity contribution in [1.82, 2.24) is 5.32 Å². The largest absolute Gasteiger partial charge is 0.459 e. The Morgan fingerprint density at radius 1 is 1.17 bits per heavy atom. The number of rotatable bonds is 4. The standard InChI is InChI=1S/C14H19NO2.C6H5F/c1-3-10-5-6-12(7-11(10)4-2)14(16)17-13-8-15-9-13;7-6-4-2-1-3-5-6/h3-4,12-13,15H,1-2,5-9H2;1-5H. The molecule has 1 aliphatic carbocycles. The number of allylic oxidation sites excluding steroid dienone is 4. The zero-order valence-corrected chi connectivity index (χ0v) is 13.8. The Labute approximate surface area is 142 Å². The molecule has 0 spiro atoms. The lowest BCUT2D eigenvalue weighted by atomic mass is 9.84. The first kappa shape index (κ1) is 18.1. The molecule has 0 amide bonds. The van der Waals surface area contributed by atoms with Crippen LogP contribution >= 0.6 is 0 Å². The number of ether oxygens (including phenoxy) is 1. The fraction of sp³-hybridized carbons (Fsp3) is 0.350. The first-order valence-electron chi connectivity index (χ1n) is 8.22. The van der Waals surface area contributed by atoms with Crippen molar-refractivity contribution >= 4 is 5.97 Å². The Morgan fingerprint density at radius 2 is 1.83 bits per heavy atom. The highest BCUT2D eigenvalue weighted by molar-refractivity contribution is 5.73. The van der Waals surface area contributed by atoms with Gasteiger partial charge in [-0.2, -0.15) is 0 Å². The van der Waals surface area contributed by atoms with Crippen molar-refractivity contribution < 1.29 is 13.9 Å². The Kier molecular flexibility index (Phi) is 6.94. The van der Waals surface area contributed by atoms with Crippen LogP contribution in [0.15, 0.2) is 66.8 Å². The second-order valence-corrected chi connectivity index (χ2v) is 5.91. The van der Waals surface area contributed by atoms with E-state index in [1.807, 2.05) is 12.2 Å². The van der Waals surface area contributed by atoms with Crippen molar-refractivity contribution in [3.8, 4) is 0 Å². The summed E-state index contributed by atoms with van der Waals surface area (Å²) in [7, 11) is 0. The fourth-order valence-corrected chi connectivity index (χ4v) is 2.66. The van der Waals surface area contributed by atoms with Gasteiger partial charge < -0.3 is 10.1 Å². The Morgan fingerprint density at radius 3 is 2.29 bits per heavy atom. The number of halogens is 1. The van der Waals surface area contributed by atoms with Gasteiger partial charge in [-0.1, -0.05) is 43.5 Å². The molecule has 0 aromatic heterocycles. The number of hydrogen-bond acceptors (Lipinski definition) is 3. The van der Waals surface area contributed by atoms with Gasteiger partial charge in [0.25, 0.3) is 0 Å². The van der Waals surface area contributed by atoms with Crippen LogP contribution in [0.25, 0.3) is 0 Å². The van der Waals surface area contributed by atoms with Gasteiger partial charge in [0.05, 0.1) is 5.92 Å². The molecule has 1 aromatic rings. The number of hydrogen-bond donors (Lipinski definition) is 1. The summed E-state index contributed by atoms with van der Waals surface area (Å²) in [5.74, 6) is -0.242. The maximum atomic E-state index is 11.9. The molecule has 3 rings (SSSR count). The summed E-state index contributed by atoms with van der Waals surface area (Å²) in [6.45, 7) is 9.17. The molecule has 1 fully saturated rings. The van der Waals surface area contributed by atoms with E-state index in [0.717, 1.165) is 37.9 Å². The third kappa shape index (κ3) is 5.17. The van der Waals surface area contributed by atoms with Crippen LogP contribution in [0.4, 0.5) is 4.39 Å². The van der Waals surface area contributed by atoms with E-state index < -0.39 is 0 Å². The van der Waals surface area contributed by atoms with Crippen molar-refractivity contribution in [2.45, 2.75) is 25.4 Å². The van der Waals surface area contributed by atoms with E-state index in [1.54, 1.807) is 18.2 Å². The first-order valence-corrected chi connectivity index (χ1v) is 8.22. The number of carbonyl (C=O) groups is 1. The molecule has 0 saturated carbocycles. The van der Waals surface area contributed by atoms with E-state index in [-0.39, 0.29) is 23.8 Å². The lowest BCUT2D eigenvalue weighted by Crippen LogP contribution is -2.50. The van der Waals surface area contributed by atoms with E-state index in [9.17, 15) is 9.18 Å². The molecular weight excluding hydrogens is 305 g/mol. The van der Waals surface area contributed by atoms with Gasteiger partial charge in [-0.3, -0.25) is 4.79 Å².